The van der Waals surface area contributed by atoms with Gasteiger partial charge in [-0.15, -0.1) is 0 Å². The molecule has 4 nitrogen and oxygen atoms in total. The zero-order valence-corrected chi connectivity index (χ0v) is 9.71. The molecule has 0 bridgehead atoms. The van der Waals surface area contributed by atoms with Crippen LogP contribution in [0.25, 0.3) is 0 Å². The first-order valence-electron chi connectivity index (χ1n) is 3.30. The minimum Gasteiger partial charge on any atom is -0.398 e. The van der Waals surface area contributed by atoms with Crippen LogP contribution in [0.3, 0.4) is 0 Å². The van der Waals surface area contributed by atoms with E-state index in [1.54, 1.807) is 28.3 Å². The molecular formula is C6H16O4Si. The third-order valence-corrected chi connectivity index (χ3v) is 2.48. The van der Waals surface area contributed by atoms with Gasteiger partial charge in [0.15, 0.2) is 0 Å². The van der Waals surface area contributed by atoms with Crippen LogP contribution in [-0.4, -0.2) is 43.9 Å². The fourth-order valence-corrected chi connectivity index (χ4v) is 1.16. The van der Waals surface area contributed by atoms with Crippen LogP contribution in [0.4, 0.5) is 0 Å². The quantitative estimate of drug-likeness (QED) is 0.413. The molecule has 11 heavy (non-hydrogen) atoms. The van der Waals surface area contributed by atoms with E-state index in [4.69, 9.17) is 18.6 Å². The monoisotopic (exact) mass is 180 g/mol. The minimum atomic E-state index is -0.782. The number of hydrogen-bond donors (Lipinski definition) is 0. The summed E-state index contributed by atoms with van der Waals surface area (Å²) >= 11 is 0. The maximum Gasteiger partial charge on any atom is 0.210 e. The molecule has 0 aromatic carbocycles. The van der Waals surface area contributed by atoms with Gasteiger partial charge in [-0.2, -0.15) is 0 Å². The number of rotatable bonds is 5. The van der Waals surface area contributed by atoms with Crippen molar-refractivity contribution in [3.05, 3.63) is 0 Å². The highest BCUT2D eigenvalue weighted by molar-refractivity contribution is 5.98. The van der Waals surface area contributed by atoms with Crippen LogP contribution >= 0.6 is 0 Å². The van der Waals surface area contributed by atoms with E-state index in [0.717, 1.165) is 0 Å². The zero-order valence-electron chi connectivity index (χ0n) is 7.71. The summed E-state index contributed by atoms with van der Waals surface area (Å²) in [5.41, 5.74) is 0. The largest absolute Gasteiger partial charge is 0.398 e. The normalized spacial score (nSPS) is 17.2. The molecule has 0 fully saturated rings. The van der Waals surface area contributed by atoms with E-state index in [1.165, 1.54) is 0 Å². The SMILES string of the molecule is COC(OC)C(C)(OC)O[SiH3]. The van der Waals surface area contributed by atoms with Crippen LogP contribution in [0.1, 0.15) is 6.92 Å². The minimum absolute atomic E-state index is 0.481. The predicted molar refractivity (Wildman–Crippen MR) is 44.2 cm³/mol. The second kappa shape index (κ2) is 4.84. The Bertz CT molecular complexity index is 101. The van der Waals surface area contributed by atoms with Crippen molar-refractivity contribution in [3.63, 3.8) is 0 Å². The van der Waals surface area contributed by atoms with E-state index in [0.29, 0.717) is 10.5 Å². The lowest BCUT2D eigenvalue weighted by Gasteiger charge is -2.32. The van der Waals surface area contributed by atoms with Crippen molar-refractivity contribution < 1.29 is 18.6 Å². The van der Waals surface area contributed by atoms with Gasteiger partial charge in [-0.05, 0) is 6.92 Å². The van der Waals surface area contributed by atoms with Gasteiger partial charge < -0.3 is 18.6 Å². The van der Waals surface area contributed by atoms with Crippen LogP contribution in [-0.2, 0) is 18.6 Å². The van der Waals surface area contributed by atoms with Gasteiger partial charge >= 0.3 is 0 Å². The highest BCUT2D eigenvalue weighted by Crippen LogP contribution is 2.17. The average molecular weight is 180 g/mol. The first-order valence-corrected chi connectivity index (χ1v) is 4.12. The summed E-state index contributed by atoms with van der Waals surface area (Å²) in [6.45, 7) is 1.78. The second-order valence-corrected chi connectivity index (χ2v) is 2.64. The summed E-state index contributed by atoms with van der Waals surface area (Å²) in [5.74, 6) is -0.782. The molecule has 0 N–H and O–H groups in total. The third kappa shape index (κ3) is 2.53. The first kappa shape index (κ1) is 11.1. The van der Waals surface area contributed by atoms with E-state index in [-0.39, 0.29) is 0 Å². The van der Waals surface area contributed by atoms with E-state index in [2.05, 4.69) is 0 Å². The maximum absolute atomic E-state index is 5.20. The molecule has 0 aromatic heterocycles. The molecule has 0 heterocycles. The zero-order chi connectivity index (χ0) is 8.91. The van der Waals surface area contributed by atoms with Gasteiger partial charge in [-0.25, -0.2) is 0 Å². The Labute approximate surface area is 70.3 Å². The molecule has 0 rings (SSSR count). The highest BCUT2D eigenvalue weighted by Gasteiger charge is 2.34. The summed E-state index contributed by atoms with van der Waals surface area (Å²) in [4.78, 5) is 0. The van der Waals surface area contributed by atoms with Crippen molar-refractivity contribution in [1.82, 2.24) is 0 Å². The van der Waals surface area contributed by atoms with Crippen LogP contribution in [0, 0.1) is 0 Å². The second-order valence-electron chi connectivity index (χ2n) is 2.23. The summed E-state index contributed by atoms with van der Waals surface area (Å²) in [6.07, 6.45) is -0.481. The van der Waals surface area contributed by atoms with Crippen LogP contribution in [0.5, 0.6) is 0 Å². The van der Waals surface area contributed by atoms with E-state index in [1.807, 2.05) is 0 Å². The molecule has 1 atom stereocenters. The van der Waals surface area contributed by atoms with Gasteiger partial charge in [-0.1, -0.05) is 0 Å². The van der Waals surface area contributed by atoms with E-state index in [9.17, 15) is 0 Å². The van der Waals surface area contributed by atoms with Crippen molar-refractivity contribution >= 4 is 10.5 Å². The number of hydrogen-bond acceptors (Lipinski definition) is 4. The predicted octanol–water partition coefficient (Wildman–Crippen LogP) is -0.735. The van der Waals surface area contributed by atoms with E-state index >= 15 is 0 Å². The van der Waals surface area contributed by atoms with Crippen LogP contribution < -0.4 is 0 Å². The van der Waals surface area contributed by atoms with Crippen molar-refractivity contribution in [2.24, 2.45) is 0 Å². The van der Waals surface area contributed by atoms with Gasteiger partial charge in [0.25, 0.3) is 0 Å². The highest BCUT2D eigenvalue weighted by atomic mass is 28.2. The van der Waals surface area contributed by atoms with Crippen LogP contribution in [0.15, 0.2) is 0 Å². The third-order valence-electron chi connectivity index (χ3n) is 1.67. The number of ether oxygens (including phenoxy) is 3. The molecule has 68 valence electrons. The Morgan fingerprint density at radius 2 is 1.64 bits per heavy atom. The fourth-order valence-electron chi connectivity index (χ4n) is 0.800. The van der Waals surface area contributed by atoms with E-state index < -0.39 is 12.1 Å². The van der Waals surface area contributed by atoms with Gasteiger partial charge in [-0.3, -0.25) is 0 Å². The van der Waals surface area contributed by atoms with Gasteiger partial charge in [0, 0.05) is 21.3 Å². The Morgan fingerprint density at radius 3 is 1.73 bits per heavy atom. The lowest BCUT2D eigenvalue weighted by molar-refractivity contribution is -0.293. The molecule has 0 aromatic rings. The summed E-state index contributed by atoms with van der Waals surface area (Å²) in [7, 11) is 5.23. The Morgan fingerprint density at radius 1 is 1.18 bits per heavy atom. The molecule has 0 amide bonds. The summed E-state index contributed by atoms with van der Waals surface area (Å²) in [6, 6.07) is 0. The lowest BCUT2D eigenvalue weighted by atomic mass is 10.3. The molecule has 0 saturated carbocycles. The Balaban J connectivity index is 4.19. The van der Waals surface area contributed by atoms with Gasteiger partial charge in [0.2, 0.25) is 12.1 Å². The lowest BCUT2D eigenvalue weighted by Crippen LogP contribution is -2.45. The molecule has 0 spiro atoms. The molecule has 1 unspecified atom stereocenters. The topological polar surface area (TPSA) is 36.9 Å². The van der Waals surface area contributed by atoms with Gasteiger partial charge in [0.05, 0.1) is 0 Å². The first-order chi connectivity index (χ1) is 5.14. The standard InChI is InChI=1S/C6H16O4Si/c1-6(9-4,10-11)5(7-2)8-3/h5H,1-4,11H3. The van der Waals surface area contributed by atoms with Crippen LogP contribution in [0.2, 0.25) is 0 Å². The summed E-state index contributed by atoms with van der Waals surface area (Å²) < 4.78 is 20.3. The Kier molecular flexibility index (Phi) is 4.86. The molecule has 5 heteroatoms. The molecule has 0 aliphatic heterocycles. The fraction of sp³-hybridized carbons (Fsp3) is 1.00. The molecular weight excluding hydrogens is 164 g/mol. The van der Waals surface area contributed by atoms with Gasteiger partial charge in [0.1, 0.15) is 10.5 Å². The average Bonchev–Trinajstić information content (AvgIpc) is 2.06. The number of methoxy groups -OCH3 is 3. The van der Waals surface area contributed by atoms with Crippen molar-refractivity contribution in [3.8, 4) is 0 Å². The van der Waals surface area contributed by atoms with Crippen molar-refractivity contribution in [1.29, 1.82) is 0 Å². The smallest absolute Gasteiger partial charge is 0.210 e. The van der Waals surface area contributed by atoms with Crippen molar-refractivity contribution in [2.45, 2.75) is 19.0 Å². The molecule has 0 saturated heterocycles. The molecule has 0 aliphatic carbocycles. The molecule has 0 aliphatic rings. The summed E-state index contributed by atoms with van der Waals surface area (Å²) in [5, 5.41) is 0. The Hall–Kier alpha value is 0.0569. The molecule has 0 radical (unpaired) electrons. The maximum atomic E-state index is 5.20. The van der Waals surface area contributed by atoms with Crippen molar-refractivity contribution in [2.75, 3.05) is 21.3 Å².